The number of amides is 3. The lowest BCUT2D eigenvalue weighted by molar-refractivity contribution is -0.121. The minimum absolute atomic E-state index is 0.185. The van der Waals surface area contributed by atoms with Crippen LogP contribution in [-0.2, 0) is 4.79 Å². The number of hydrogen-bond donors (Lipinski definition) is 3. The Bertz CT molecular complexity index is 888. The topological polar surface area (TPSA) is 115 Å². The predicted molar refractivity (Wildman–Crippen MR) is 106 cm³/mol. The summed E-state index contributed by atoms with van der Waals surface area (Å²) in [7, 11) is 4.36. The number of carbonyl (C=O) groups is 3. The van der Waals surface area contributed by atoms with Gasteiger partial charge >= 0.3 is 0 Å². The summed E-state index contributed by atoms with van der Waals surface area (Å²) in [5, 5.41) is 2.69. The molecule has 9 heteroatoms. The van der Waals surface area contributed by atoms with Crippen LogP contribution in [0.15, 0.2) is 36.4 Å². The van der Waals surface area contributed by atoms with Crippen molar-refractivity contribution in [3.8, 4) is 17.2 Å². The van der Waals surface area contributed by atoms with Crippen LogP contribution in [0.25, 0.3) is 0 Å². The average Bonchev–Trinajstić information content (AvgIpc) is 2.76. The maximum Gasteiger partial charge on any atom is 0.271 e. The van der Waals surface area contributed by atoms with E-state index >= 15 is 0 Å². The summed E-state index contributed by atoms with van der Waals surface area (Å²) in [6.45, 7) is 1.66. The second kappa shape index (κ2) is 9.98. The molecule has 2 aromatic rings. The first-order valence-electron chi connectivity index (χ1n) is 8.74. The van der Waals surface area contributed by atoms with Crippen LogP contribution >= 0.6 is 0 Å². The number of rotatable bonds is 7. The zero-order valence-electron chi connectivity index (χ0n) is 16.6. The first kappa shape index (κ1) is 21.5. The van der Waals surface area contributed by atoms with E-state index in [-0.39, 0.29) is 29.1 Å². The van der Waals surface area contributed by atoms with E-state index in [9.17, 15) is 14.4 Å². The van der Waals surface area contributed by atoms with Crippen LogP contribution in [0.2, 0.25) is 0 Å². The molecule has 0 bridgehead atoms. The Kier molecular flexibility index (Phi) is 7.41. The van der Waals surface area contributed by atoms with Gasteiger partial charge in [-0.25, -0.2) is 0 Å². The molecule has 0 fully saturated rings. The van der Waals surface area contributed by atoms with Gasteiger partial charge in [-0.15, -0.1) is 0 Å². The van der Waals surface area contributed by atoms with Gasteiger partial charge in [0.05, 0.1) is 32.6 Å². The molecule has 0 saturated heterocycles. The fourth-order valence-electron chi connectivity index (χ4n) is 2.48. The Morgan fingerprint density at radius 1 is 0.862 bits per heavy atom. The van der Waals surface area contributed by atoms with Crippen molar-refractivity contribution in [1.29, 1.82) is 0 Å². The lowest BCUT2D eigenvalue weighted by Gasteiger charge is -2.15. The molecular formula is C20H23N3O6. The number of methoxy groups -OCH3 is 3. The molecule has 0 radical (unpaired) electrons. The molecule has 9 nitrogen and oxygen atoms in total. The van der Waals surface area contributed by atoms with E-state index in [1.165, 1.54) is 39.5 Å². The molecule has 154 valence electrons. The molecule has 2 aromatic carbocycles. The molecular weight excluding hydrogens is 378 g/mol. The Balaban J connectivity index is 2.28. The normalized spacial score (nSPS) is 9.93. The maximum atomic E-state index is 12.8. The van der Waals surface area contributed by atoms with Crippen molar-refractivity contribution in [2.75, 3.05) is 26.6 Å². The van der Waals surface area contributed by atoms with Crippen molar-refractivity contribution in [3.05, 3.63) is 47.5 Å². The number of para-hydroxylation sites is 1. The number of anilines is 1. The predicted octanol–water partition coefficient (Wildman–Crippen LogP) is 2.14. The molecule has 0 aromatic heterocycles. The van der Waals surface area contributed by atoms with E-state index in [1.54, 1.807) is 25.1 Å². The highest BCUT2D eigenvalue weighted by Gasteiger charge is 2.19. The third kappa shape index (κ3) is 5.16. The third-order valence-electron chi connectivity index (χ3n) is 3.98. The van der Waals surface area contributed by atoms with Crippen LogP contribution in [0.5, 0.6) is 17.2 Å². The van der Waals surface area contributed by atoms with Crippen molar-refractivity contribution in [3.63, 3.8) is 0 Å². The molecule has 0 aliphatic rings. The summed E-state index contributed by atoms with van der Waals surface area (Å²) in [6, 6.07) is 9.42. The van der Waals surface area contributed by atoms with Gasteiger partial charge < -0.3 is 19.5 Å². The van der Waals surface area contributed by atoms with Crippen LogP contribution in [0.4, 0.5) is 5.69 Å². The largest absolute Gasteiger partial charge is 0.493 e. The Hall–Kier alpha value is -3.75. The molecule has 0 aliphatic heterocycles. The molecule has 0 aliphatic carbocycles. The lowest BCUT2D eigenvalue weighted by atomic mass is 10.1. The Morgan fingerprint density at radius 3 is 2.03 bits per heavy atom. The fourth-order valence-corrected chi connectivity index (χ4v) is 2.48. The highest BCUT2D eigenvalue weighted by molar-refractivity contribution is 6.09. The van der Waals surface area contributed by atoms with Gasteiger partial charge in [-0.2, -0.15) is 0 Å². The van der Waals surface area contributed by atoms with Crippen molar-refractivity contribution in [1.82, 2.24) is 10.9 Å². The summed E-state index contributed by atoms with van der Waals surface area (Å²) < 4.78 is 15.8. The Morgan fingerprint density at radius 2 is 1.48 bits per heavy atom. The van der Waals surface area contributed by atoms with E-state index in [1.807, 2.05) is 0 Å². The average molecular weight is 401 g/mol. The number of benzene rings is 2. The van der Waals surface area contributed by atoms with Crippen molar-refractivity contribution in [2.24, 2.45) is 0 Å². The number of ether oxygens (including phenoxy) is 3. The number of hydrazine groups is 1. The molecule has 2 rings (SSSR count). The van der Waals surface area contributed by atoms with Crippen LogP contribution in [0.3, 0.4) is 0 Å². The zero-order chi connectivity index (χ0) is 21.4. The van der Waals surface area contributed by atoms with E-state index in [4.69, 9.17) is 14.2 Å². The van der Waals surface area contributed by atoms with Gasteiger partial charge in [0.2, 0.25) is 11.7 Å². The third-order valence-corrected chi connectivity index (χ3v) is 3.98. The van der Waals surface area contributed by atoms with Crippen LogP contribution in [-0.4, -0.2) is 39.1 Å². The minimum atomic E-state index is -0.562. The molecule has 3 amide bonds. The minimum Gasteiger partial charge on any atom is -0.493 e. The van der Waals surface area contributed by atoms with Crippen LogP contribution in [0, 0.1) is 0 Å². The number of carbonyl (C=O) groups excluding carboxylic acids is 3. The standard InChI is InChI=1S/C20H23N3O6/c1-5-17(24)22-23-20(26)13-8-6-7-9-14(13)21-19(25)12-10-15(27-2)18(29-4)16(11-12)28-3/h6-11H,5H2,1-4H3,(H,21,25)(H,22,24)(H,23,26). The molecule has 0 atom stereocenters. The molecule has 0 spiro atoms. The highest BCUT2D eigenvalue weighted by atomic mass is 16.5. The number of nitrogens with one attached hydrogen (secondary N) is 3. The highest BCUT2D eigenvalue weighted by Crippen LogP contribution is 2.38. The van der Waals surface area contributed by atoms with Gasteiger partial charge in [0.25, 0.3) is 11.8 Å². The Labute approximate surface area is 168 Å². The smallest absolute Gasteiger partial charge is 0.271 e. The van der Waals surface area contributed by atoms with E-state index in [0.29, 0.717) is 17.2 Å². The quantitative estimate of drug-likeness (QED) is 0.613. The monoisotopic (exact) mass is 401 g/mol. The van der Waals surface area contributed by atoms with Crippen LogP contribution < -0.4 is 30.4 Å². The second-order valence-electron chi connectivity index (χ2n) is 5.77. The lowest BCUT2D eigenvalue weighted by Crippen LogP contribution is -2.41. The maximum absolute atomic E-state index is 12.8. The molecule has 3 N–H and O–H groups in total. The number of hydrogen-bond acceptors (Lipinski definition) is 6. The first-order chi connectivity index (χ1) is 13.9. The van der Waals surface area contributed by atoms with Crippen LogP contribution in [0.1, 0.15) is 34.1 Å². The summed E-state index contributed by atoms with van der Waals surface area (Å²) >= 11 is 0. The molecule has 0 unspecified atom stereocenters. The summed E-state index contributed by atoms with van der Waals surface area (Å²) in [5.41, 5.74) is 5.30. The summed E-state index contributed by atoms with van der Waals surface area (Å²) in [6.07, 6.45) is 0.222. The van der Waals surface area contributed by atoms with Gasteiger partial charge in [-0.3, -0.25) is 25.2 Å². The van der Waals surface area contributed by atoms with Crippen molar-refractivity contribution in [2.45, 2.75) is 13.3 Å². The van der Waals surface area contributed by atoms with E-state index < -0.39 is 11.8 Å². The van der Waals surface area contributed by atoms with Gasteiger partial charge in [-0.1, -0.05) is 19.1 Å². The molecule has 0 saturated carbocycles. The zero-order valence-corrected chi connectivity index (χ0v) is 16.6. The van der Waals surface area contributed by atoms with Gasteiger partial charge in [0.15, 0.2) is 11.5 Å². The van der Waals surface area contributed by atoms with Crippen molar-refractivity contribution >= 4 is 23.4 Å². The molecule has 29 heavy (non-hydrogen) atoms. The van der Waals surface area contributed by atoms with E-state index in [0.717, 1.165) is 0 Å². The molecule has 0 heterocycles. The van der Waals surface area contributed by atoms with Crippen molar-refractivity contribution < 1.29 is 28.6 Å². The fraction of sp³-hybridized carbons (Fsp3) is 0.250. The SMILES string of the molecule is CCC(=O)NNC(=O)c1ccccc1NC(=O)c1cc(OC)c(OC)c(OC)c1. The first-order valence-corrected chi connectivity index (χ1v) is 8.74. The van der Waals surface area contributed by atoms with E-state index in [2.05, 4.69) is 16.2 Å². The summed E-state index contributed by atoms with van der Waals surface area (Å²) in [4.78, 5) is 36.5. The van der Waals surface area contributed by atoms with Gasteiger partial charge in [0, 0.05) is 12.0 Å². The second-order valence-corrected chi connectivity index (χ2v) is 5.77. The summed E-state index contributed by atoms with van der Waals surface area (Å²) in [5.74, 6) is -0.374. The van der Waals surface area contributed by atoms with Gasteiger partial charge in [-0.05, 0) is 24.3 Å². The van der Waals surface area contributed by atoms with Gasteiger partial charge in [0.1, 0.15) is 0 Å².